The predicted molar refractivity (Wildman–Crippen MR) is 81.2 cm³/mol. The first-order chi connectivity index (χ1) is 9.91. The summed E-state index contributed by atoms with van der Waals surface area (Å²) < 4.78 is 0. The fourth-order valence-corrected chi connectivity index (χ4v) is 2.47. The molecule has 1 aliphatic heterocycles. The number of carbonyl (C=O) groups excluding carboxylic acids is 1. The Bertz CT molecular complexity index is 489. The van der Waals surface area contributed by atoms with Crippen LogP contribution in [0.3, 0.4) is 0 Å². The number of nitrogens with zero attached hydrogens (tertiary/aromatic N) is 2. The van der Waals surface area contributed by atoms with Gasteiger partial charge in [0.25, 0.3) is 0 Å². The molecular formula is C16H25N3O2. The number of nitrogens with two attached hydrogens (primary N) is 1. The molecule has 1 aliphatic rings. The molecule has 116 valence electrons. The molecule has 0 amide bonds. The van der Waals surface area contributed by atoms with Gasteiger partial charge in [-0.2, -0.15) is 0 Å². The Morgan fingerprint density at radius 2 is 2.10 bits per heavy atom. The van der Waals surface area contributed by atoms with E-state index in [0.717, 1.165) is 37.2 Å². The molecule has 0 spiro atoms. The van der Waals surface area contributed by atoms with Crippen molar-refractivity contribution in [2.45, 2.75) is 46.1 Å². The molecule has 0 bridgehead atoms. The number of pyridine rings is 1. The van der Waals surface area contributed by atoms with Crippen LogP contribution < -0.4 is 5.73 Å². The van der Waals surface area contributed by atoms with Crippen LogP contribution in [0.4, 0.5) is 0 Å². The van der Waals surface area contributed by atoms with Gasteiger partial charge in [-0.1, -0.05) is 6.07 Å². The van der Waals surface area contributed by atoms with Crippen LogP contribution in [0.25, 0.3) is 0 Å². The number of rotatable bonds is 3. The van der Waals surface area contributed by atoms with Gasteiger partial charge in [0.1, 0.15) is 0 Å². The van der Waals surface area contributed by atoms with Gasteiger partial charge < -0.3 is 10.6 Å². The van der Waals surface area contributed by atoms with E-state index in [1.807, 2.05) is 39.1 Å². The molecule has 2 heterocycles. The highest BCUT2D eigenvalue weighted by molar-refractivity contribution is 5.75. The van der Waals surface area contributed by atoms with Crippen molar-refractivity contribution < 1.29 is 9.63 Å². The van der Waals surface area contributed by atoms with E-state index in [4.69, 9.17) is 10.6 Å². The number of hydroxylamine groups is 2. The second-order valence-electron chi connectivity index (χ2n) is 6.58. The Balaban J connectivity index is 1.93. The maximum atomic E-state index is 11.9. The molecule has 2 N–H and O–H groups in total. The molecule has 1 aromatic heterocycles. The highest BCUT2D eigenvalue weighted by atomic mass is 16.7. The van der Waals surface area contributed by atoms with E-state index < -0.39 is 5.41 Å². The van der Waals surface area contributed by atoms with E-state index in [0.29, 0.717) is 12.5 Å². The molecule has 1 aromatic rings. The van der Waals surface area contributed by atoms with E-state index in [-0.39, 0.29) is 5.97 Å². The van der Waals surface area contributed by atoms with Crippen LogP contribution in [0.2, 0.25) is 0 Å². The second kappa shape index (κ2) is 6.54. The third kappa shape index (κ3) is 4.02. The SMILES string of the molecule is CC(C)(C)C(=O)ON1CCC(c2ncccc2CN)CC1. The zero-order chi connectivity index (χ0) is 15.5. The molecule has 1 saturated heterocycles. The number of aromatic nitrogens is 1. The van der Waals surface area contributed by atoms with E-state index in [2.05, 4.69) is 4.98 Å². The lowest BCUT2D eigenvalue weighted by atomic mass is 9.91. The average molecular weight is 291 g/mol. The number of carbonyl (C=O) groups is 1. The minimum atomic E-state index is -0.468. The van der Waals surface area contributed by atoms with Crippen molar-refractivity contribution in [2.24, 2.45) is 11.1 Å². The number of piperidine rings is 1. The minimum absolute atomic E-state index is 0.179. The zero-order valence-corrected chi connectivity index (χ0v) is 13.1. The Kier molecular flexibility index (Phi) is 4.96. The van der Waals surface area contributed by atoms with E-state index in [1.54, 1.807) is 5.06 Å². The van der Waals surface area contributed by atoms with Gasteiger partial charge in [-0.15, -0.1) is 5.06 Å². The van der Waals surface area contributed by atoms with Crippen LogP contribution in [-0.4, -0.2) is 29.1 Å². The first-order valence-corrected chi connectivity index (χ1v) is 7.53. The number of hydrogen-bond donors (Lipinski definition) is 1. The van der Waals surface area contributed by atoms with Crippen LogP contribution in [0.15, 0.2) is 18.3 Å². The van der Waals surface area contributed by atoms with Gasteiger partial charge in [-0.05, 0) is 45.2 Å². The van der Waals surface area contributed by atoms with Crippen molar-refractivity contribution >= 4 is 5.97 Å². The van der Waals surface area contributed by atoms with Crippen LogP contribution in [-0.2, 0) is 16.2 Å². The molecule has 5 nitrogen and oxygen atoms in total. The van der Waals surface area contributed by atoms with Crippen molar-refractivity contribution in [2.75, 3.05) is 13.1 Å². The largest absolute Gasteiger partial charge is 0.367 e. The van der Waals surface area contributed by atoms with Crippen molar-refractivity contribution in [1.29, 1.82) is 0 Å². The minimum Gasteiger partial charge on any atom is -0.367 e. The molecule has 1 fully saturated rings. The summed E-state index contributed by atoms with van der Waals surface area (Å²) in [5, 5.41) is 1.77. The summed E-state index contributed by atoms with van der Waals surface area (Å²) in [6, 6.07) is 3.96. The molecule has 0 atom stereocenters. The molecule has 21 heavy (non-hydrogen) atoms. The Hall–Kier alpha value is -1.46. The lowest BCUT2D eigenvalue weighted by Crippen LogP contribution is -2.38. The molecule has 5 heteroatoms. The van der Waals surface area contributed by atoms with Gasteiger partial charge in [0, 0.05) is 37.4 Å². The van der Waals surface area contributed by atoms with Gasteiger partial charge in [0.05, 0.1) is 5.41 Å². The van der Waals surface area contributed by atoms with Gasteiger partial charge >= 0.3 is 5.97 Å². The lowest BCUT2D eigenvalue weighted by Gasteiger charge is -2.32. The molecule has 0 radical (unpaired) electrons. The van der Waals surface area contributed by atoms with Crippen molar-refractivity contribution in [3.63, 3.8) is 0 Å². The summed E-state index contributed by atoms with van der Waals surface area (Å²) in [6.45, 7) is 7.60. The maximum Gasteiger partial charge on any atom is 0.330 e. The quantitative estimate of drug-likeness (QED) is 0.925. The third-order valence-electron chi connectivity index (χ3n) is 3.81. The zero-order valence-electron chi connectivity index (χ0n) is 13.1. The molecule has 0 aliphatic carbocycles. The van der Waals surface area contributed by atoms with Crippen LogP contribution in [0, 0.1) is 5.41 Å². The highest BCUT2D eigenvalue weighted by Crippen LogP contribution is 2.29. The number of hydrogen-bond acceptors (Lipinski definition) is 5. The van der Waals surface area contributed by atoms with E-state index in [9.17, 15) is 4.79 Å². The molecule has 0 aromatic carbocycles. The standard InChI is InChI=1S/C16H25N3O2/c1-16(2,3)15(20)21-19-9-6-12(7-10-19)14-13(11-17)5-4-8-18-14/h4-5,8,12H,6-7,9-11,17H2,1-3H3. The molecule has 0 saturated carbocycles. The summed E-state index contributed by atoms with van der Waals surface area (Å²) in [4.78, 5) is 21.8. The summed E-state index contributed by atoms with van der Waals surface area (Å²) in [7, 11) is 0. The Labute approximate surface area is 126 Å². The summed E-state index contributed by atoms with van der Waals surface area (Å²) in [5.41, 5.74) is 7.52. The topological polar surface area (TPSA) is 68.5 Å². The van der Waals surface area contributed by atoms with Crippen LogP contribution in [0.5, 0.6) is 0 Å². The summed E-state index contributed by atoms with van der Waals surface area (Å²) in [5.74, 6) is 0.218. The van der Waals surface area contributed by atoms with Crippen molar-refractivity contribution in [3.05, 3.63) is 29.6 Å². The molecule has 0 unspecified atom stereocenters. The van der Waals surface area contributed by atoms with Crippen molar-refractivity contribution in [1.82, 2.24) is 10.0 Å². The Morgan fingerprint density at radius 1 is 1.43 bits per heavy atom. The smallest absolute Gasteiger partial charge is 0.330 e. The van der Waals surface area contributed by atoms with Crippen LogP contribution in [0.1, 0.15) is 50.8 Å². The lowest BCUT2D eigenvalue weighted by molar-refractivity contribution is -0.204. The summed E-state index contributed by atoms with van der Waals surface area (Å²) in [6.07, 6.45) is 3.68. The third-order valence-corrected chi connectivity index (χ3v) is 3.81. The molecule has 2 rings (SSSR count). The fourth-order valence-electron chi connectivity index (χ4n) is 2.47. The van der Waals surface area contributed by atoms with E-state index in [1.165, 1.54) is 0 Å². The van der Waals surface area contributed by atoms with Gasteiger partial charge in [0.15, 0.2) is 0 Å². The van der Waals surface area contributed by atoms with E-state index >= 15 is 0 Å². The molecular weight excluding hydrogens is 266 g/mol. The van der Waals surface area contributed by atoms with Crippen LogP contribution >= 0.6 is 0 Å². The monoisotopic (exact) mass is 291 g/mol. The normalized spacial score (nSPS) is 17.7. The second-order valence-corrected chi connectivity index (χ2v) is 6.58. The van der Waals surface area contributed by atoms with Gasteiger partial charge in [-0.3, -0.25) is 4.98 Å². The Morgan fingerprint density at radius 3 is 2.67 bits per heavy atom. The van der Waals surface area contributed by atoms with Crippen molar-refractivity contribution in [3.8, 4) is 0 Å². The summed E-state index contributed by atoms with van der Waals surface area (Å²) >= 11 is 0. The average Bonchev–Trinajstić information content (AvgIpc) is 2.47. The van der Waals surface area contributed by atoms with Gasteiger partial charge in [-0.25, -0.2) is 4.79 Å². The predicted octanol–water partition coefficient (Wildman–Crippen LogP) is 2.22. The highest BCUT2D eigenvalue weighted by Gasteiger charge is 2.29. The first-order valence-electron chi connectivity index (χ1n) is 7.53. The fraction of sp³-hybridized carbons (Fsp3) is 0.625. The first kappa shape index (κ1) is 15.9. The maximum absolute atomic E-state index is 11.9. The van der Waals surface area contributed by atoms with Gasteiger partial charge in [0.2, 0.25) is 0 Å².